The van der Waals surface area contributed by atoms with E-state index in [4.69, 9.17) is 0 Å². The Hall–Kier alpha value is -2.11. The Morgan fingerprint density at radius 3 is 2.73 bits per heavy atom. The summed E-state index contributed by atoms with van der Waals surface area (Å²) in [5.74, 6) is -1.01. The van der Waals surface area contributed by atoms with E-state index in [2.05, 4.69) is 4.98 Å². The Kier molecular flexibility index (Phi) is 5.00. The van der Waals surface area contributed by atoms with Crippen molar-refractivity contribution in [3.63, 3.8) is 0 Å². The van der Waals surface area contributed by atoms with Gasteiger partial charge in [0.25, 0.3) is 5.91 Å². The van der Waals surface area contributed by atoms with Gasteiger partial charge in [-0.1, -0.05) is 13.8 Å². The van der Waals surface area contributed by atoms with Crippen LogP contribution in [-0.4, -0.2) is 39.5 Å². The first-order valence-electron chi connectivity index (χ1n) is 7.65. The van der Waals surface area contributed by atoms with Gasteiger partial charge in [-0.15, -0.1) is 0 Å². The molecule has 0 spiro atoms. The van der Waals surface area contributed by atoms with Crippen molar-refractivity contribution < 1.29 is 14.7 Å². The van der Waals surface area contributed by atoms with Crippen molar-refractivity contribution in [3.05, 3.63) is 33.7 Å². The number of likely N-dealkylation sites (tertiary alicyclic amines) is 1. The number of pyridine rings is 1. The summed E-state index contributed by atoms with van der Waals surface area (Å²) in [5, 5.41) is 9.27. The van der Waals surface area contributed by atoms with Crippen molar-refractivity contribution in [2.45, 2.75) is 45.6 Å². The summed E-state index contributed by atoms with van der Waals surface area (Å²) in [5.41, 5.74) is 0.646. The summed E-state index contributed by atoms with van der Waals surface area (Å²) in [4.78, 5) is 39.8. The maximum Gasteiger partial charge on any atom is 0.326 e. The minimum absolute atomic E-state index is 0.271. The van der Waals surface area contributed by atoms with Crippen molar-refractivity contribution in [1.29, 1.82) is 0 Å². The monoisotopic (exact) mass is 306 g/mol. The zero-order valence-corrected chi connectivity index (χ0v) is 13.0. The Balaban J connectivity index is 2.29. The van der Waals surface area contributed by atoms with E-state index in [0.717, 1.165) is 12.8 Å². The van der Waals surface area contributed by atoms with E-state index in [1.807, 2.05) is 13.8 Å². The van der Waals surface area contributed by atoms with Gasteiger partial charge >= 0.3 is 5.97 Å². The number of piperidine rings is 1. The first kappa shape index (κ1) is 16.3. The number of carboxylic acid groups (broad SMARTS) is 1. The highest BCUT2D eigenvalue weighted by atomic mass is 16.4. The van der Waals surface area contributed by atoms with E-state index in [1.54, 1.807) is 6.07 Å². The number of hydrogen-bond acceptors (Lipinski definition) is 3. The number of aliphatic carboxylic acids is 1. The van der Waals surface area contributed by atoms with Crippen molar-refractivity contribution >= 4 is 11.9 Å². The van der Waals surface area contributed by atoms with E-state index in [-0.39, 0.29) is 17.0 Å². The minimum atomic E-state index is -0.986. The van der Waals surface area contributed by atoms with Gasteiger partial charge in [-0.05, 0) is 37.7 Å². The zero-order chi connectivity index (χ0) is 16.3. The van der Waals surface area contributed by atoms with E-state index in [1.165, 1.54) is 11.0 Å². The lowest BCUT2D eigenvalue weighted by molar-refractivity contribution is -0.143. The summed E-state index contributed by atoms with van der Waals surface area (Å²) in [7, 11) is 0. The normalized spacial score (nSPS) is 18.5. The molecule has 1 aliphatic rings. The fraction of sp³-hybridized carbons (Fsp3) is 0.562. The number of amides is 1. The Labute approximate surface area is 129 Å². The fourth-order valence-corrected chi connectivity index (χ4v) is 2.87. The Morgan fingerprint density at radius 2 is 2.09 bits per heavy atom. The maximum absolute atomic E-state index is 12.6. The molecule has 0 radical (unpaired) electrons. The van der Waals surface area contributed by atoms with Gasteiger partial charge in [0.05, 0.1) is 0 Å². The molecule has 0 aliphatic carbocycles. The van der Waals surface area contributed by atoms with Gasteiger partial charge in [0.1, 0.15) is 6.04 Å². The van der Waals surface area contributed by atoms with Crippen LogP contribution >= 0.6 is 0 Å². The lowest BCUT2D eigenvalue weighted by Crippen LogP contribution is -2.48. The van der Waals surface area contributed by atoms with Crippen LogP contribution < -0.4 is 5.56 Å². The first-order chi connectivity index (χ1) is 10.4. The summed E-state index contributed by atoms with van der Waals surface area (Å²) < 4.78 is 0. The van der Waals surface area contributed by atoms with Crippen LogP contribution in [0.2, 0.25) is 0 Å². The summed E-state index contributed by atoms with van der Waals surface area (Å²) in [6.45, 7) is 4.47. The lowest BCUT2D eigenvalue weighted by atomic mass is 10.0. The number of nitrogens with zero attached hydrogens (tertiary/aromatic N) is 1. The molecule has 0 unspecified atom stereocenters. The second kappa shape index (κ2) is 6.77. The number of hydrogen-bond donors (Lipinski definition) is 2. The Morgan fingerprint density at radius 1 is 1.36 bits per heavy atom. The van der Waals surface area contributed by atoms with Gasteiger partial charge < -0.3 is 15.0 Å². The van der Waals surface area contributed by atoms with Crippen LogP contribution in [0.25, 0.3) is 0 Å². The largest absolute Gasteiger partial charge is 0.480 e. The number of carbonyl (C=O) groups is 2. The highest BCUT2D eigenvalue weighted by Crippen LogP contribution is 2.20. The molecule has 1 aromatic rings. The van der Waals surface area contributed by atoms with Gasteiger partial charge in [0.15, 0.2) is 0 Å². The maximum atomic E-state index is 12.6. The summed E-state index contributed by atoms with van der Waals surface area (Å²) in [6.07, 6.45) is 2.72. The number of aromatic nitrogens is 1. The van der Waals surface area contributed by atoms with Crippen LogP contribution in [0, 0.1) is 5.92 Å². The van der Waals surface area contributed by atoms with Crippen molar-refractivity contribution in [3.8, 4) is 0 Å². The van der Waals surface area contributed by atoms with Gasteiger partial charge in [-0.2, -0.15) is 0 Å². The third-order valence-electron chi connectivity index (χ3n) is 3.82. The highest BCUT2D eigenvalue weighted by Gasteiger charge is 2.32. The molecule has 0 bridgehead atoms. The molecule has 22 heavy (non-hydrogen) atoms. The van der Waals surface area contributed by atoms with Gasteiger partial charge in [-0.25, -0.2) is 4.79 Å². The molecule has 6 nitrogen and oxygen atoms in total. The van der Waals surface area contributed by atoms with E-state index >= 15 is 0 Å². The molecule has 1 saturated heterocycles. The predicted octanol–water partition coefficient (Wildman–Crippen LogP) is 1.65. The quantitative estimate of drug-likeness (QED) is 0.885. The second-order valence-electron chi connectivity index (χ2n) is 6.20. The van der Waals surface area contributed by atoms with E-state index in [9.17, 15) is 19.5 Å². The molecule has 1 aliphatic heterocycles. The van der Waals surface area contributed by atoms with Gasteiger partial charge in [0.2, 0.25) is 5.56 Å². The number of carboxylic acids is 1. The lowest BCUT2D eigenvalue weighted by Gasteiger charge is -2.33. The molecule has 1 fully saturated rings. The molecule has 2 N–H and O–H groups in total. The molecule has 0 saturated carbocycles. The zero-order valence-electron chi connectivity index (χ0n) is 13.0. The predicted molar refractivity (Wildman–Crippen MR) is 81.9 cm³/mol. The molecule has 0 aromatic carbocycles. The Bertz CT molecular complexity index is 621. The SMILES string of the molecule is CC(C)Cc1cc(C(=O)N2CCCC[C@@H]2C(=O)O)cc(=O)[nH]1. The van der Waals surface area contributed by atoms with Gasteiger partial charge in [-0.3, -0.25) is 9.59 Å². The first-order valence-corrected chi connectivity index (χ1v) is 7.65. The summed E-state index contributed by atoms with van der Waals surface area (Å²) in [6, 6.07) is 2.12. The second-order valence-corrected chi connectivity index (χ2v) is 6.20. The van der Waals surface area contributed by atoms with Crippen LogP contribution in [0.5, 0.6) is 0 Å². The average molecular weight is 306 g/mol. The van der Waals surface area contributed by atoms with E-state index in [0.29, 0.717) is 31.0 Å². The van der Waals surface area contributed by atoms with Crippen LogP contribution in [0.4, 0.5) is 0 Å². The van der Waals surface area contributed by atoms with Crippen LogP contribution in [0.3, 0.4) is 0 Å². The number of aromatic amines is 1. The third-order valence-corrected chi connectivity index (χ3v) is 3.82. The molecular weight excluding hydrogens is 284 g/mol. The van der Waals surface area contributed by atoms with E-state index < -0.39 is 12.0 Å². The molecular formula is C16H22N2O4. The third kappa shape index (κ3) is 3.75. The smallest absolute Gasteiger partial charge is 0.326 e. The topological polar surface area (TPSA) is 90.5 Å². The molecule has 120 valence electrons. The molecule has 1 aromatic heterocycles. The number of H-pyrrole nitrogens is 1. The van der Waals surface area contributed by atoms with Crippen LogP contribution in [-0.2, 0) is 11.2 Å². The number of nitrogens with one attached hydrogen (secondary N) is 1. The molecule has 6 heteroatoms. The standard InChI is InChI=1S/C16H22N2O4/c1-10(2)7-12-8-11(9-14(19)17-12)15(20)18-6-4-3-5-13(18)16(21)22/h8-10,13H,3-7H2,1-2H3,(H,17,19)(H,21,22)/t13-/m1/s1. The van der Waals surface area contributed by atoms with Crippen molar-refractivity contribution in [2.75, 3.05) is 6.54 Å². The molecule has 1 atom stereocenters. The molecule has 2 rings (SSSR count). The van der Waals surface area contributed by atoms with Crippen molar-refractivity contribution in [2.24, 2.45) is 5.92 Å². The summed E-state index contributed by atoms with van der Waals surface area (Å²) >= 11 is 0. The number of rotatable bonds is 4. The minimum Gasteiger partial charge on any atom is -0.480 e. The average Bonchev–Trinajstić information content (AvgIpc) is 2.45. The molecule has 1 amide bonds. The molecule has 2 heterocycles. The fourth-order valence-electron chi connectivity index (χ4n) is 2.87. The number of carbonyl (C=O) groups excluding carboxylic acids is 1. The van der Waals surface area contributed by atoms with Crippen LogP contribution in [0.1, 0.15) is 49.2 Å². The van der Waals surface area contributed by atoms with Crippen LogP contribution in [0.15, 0.2) is 16.9 Å². The highest BCUT2D eigenvalue weighted by molar-refractivity contribution is 5.96. The van der Waals surface area contributed by atoms with Crippen molar-refractivity contribution in [1.82, 2.24) is 9.88 Å². The van der Waals surface area contributed by atoms with Gasteiger partial charge in [0, 0.05) is 23.9 Å².